The van der Waals surface area contributed by atoms with Crippen LogP contribution in [0.25, 0.3) is 10.8 Å². The standard InChI is InChI=1S/C24H21N3O3/c1-29-17-9-6-16(7-10-17)20-19-11-8-15-4-2-3-5-18(15)22(19)30-24-21(20)23(25)27(12-13-28)14-26-24/h2-11,14,20,25,28H,12-13H2,1H3/p+1/t20-/m0/s1. The molecule has 6 nitrogen and oxygen atoms in total. The Kier molecular flexibility index (Phi) is 4.48. The quantitative estimate of drug-likeness (QED) is 0.452. The molecule has 0 spiro atoms. The van der Waals surface area contributed by atoms with Gasteiger partial charge in [-0.3, -0.25) is 0 Å². The summed E-state index contributed by atoms with van der Waals surface area (Å²) in [5.41, 5.74) is 9.45. The van der Waals surface area contributed by atoms with Gasteiger partial charge in [-0.15, -0.1) is 0 Å². The molecule has 1 atom stereocenters. The van der Waals surface area contributed by atoms with Gasteiger partial charge in [0, 0.05) is 10.9 Å². The molecule has 0 saturated carbocycles. The third-order valence-corrected chi connectivity index (χ3v) is 5.63. The summed E-state index contributed by atoms with van der Waals surface area (Å²) in [5.74, 6) is 2.46. The highest BCUT2D eigenvalue weighted by Gasteiger charge is 2.36. The van der Waals surface area contributed by atoms with Crippen LogP contribution in [0.15, 0.2) is 67.0 Å². The lowest BCUT2D eigenvalue weighted by atomic mass is 9.82. The van der Waals surface area contributed by atoms with Crippen LogP contribution < -0.4 is 19.8 Å². The van der Waals surface area contributed by atoms with Gasteiger partial charge in [0.15, 0.2) is 0 Å². The van der Waals surface area contributed by atoms with Crippen LogP contribution in [0.3, 0.4) is 0 Å². The highest BCUT2D eigenvalue weighted by Crippen LogP contribution is 2.50. The van der Waals surface area contributed by atoms with Crippen molar-refractivity contribution in [3.05, 3.63) is 83.7 Å². The van der Waals surface area contributed by atoms with E-state index in [2.05, 4.69) is 29.2 Å². The maximum absolute atomic E-state index is 9.42. The maximum atomic E-state index is 9.42. The van der Waals surface area contributed by atoms with Crippen LogP contribution in [0.4, 0.5) is 5.82 Å². The van der Waals surface area contributed by atoms with Crippen molar-refractivity contribution in [2.24, 2.45) is 0 Å². The summed E-state index contributed by atoms with van der Waals surface area (Å²) in [4.78, 5) is 4.54. The van der Waals surface area contributed by atoms with Gasteiger partial charge in [0.2, 0.25) is 12.1 Å². The fourth-order valence-electron chi connectivity index (χ4n) is 4.15. The number of nitrogen functional groups attached to an aromatic ring is 1. The molecule has 0 saturated heterocycles. The van der Waals surface area contributed by atoms with E-state index < -0.39 is 0 Å². The molecule has 1 aliphatic heterocycles. The second-order valence-electron chi connectivity index (χ2n) is 7.28. The van der Waals surface area contributed by atoms with Crippen molar-refractivity contribution in [2.45, 2.75) is 12.5 Å². The summed E-state index contributed by atoms with van der Waals surface area (Å²) in [6, 6.07) is 20.3. The van der Waals surface area contributed by atoms with Crippen molar-refractivity contribution < 1.29 is 19.1 Å². The summed E-state index contributed by atoms with van der Waals surface area (Å²) in [6.07, 6.45) is 1.62. The van der Waals surface area contributed by atoms with Gasteiger partial charge in [0.05, 0.1) is 26.2 Å². The molecule has 30 heavy (non-hydrogen) atoms. The molecule has 0 amide bonds. The third kappa shape index (κ3) is 2.84. The first-order chi connectivity index (χ1) is 14.7. The van der Waals surface area contributed by atoms with Gasteiger partial charge < -0.3 is 20.3 Å². The first-order valence-corrected chi connectivity index (χ1v) is 9.83. The summed E-state index contributed by atoms with van der Waals surface area (Å²) >= 11 is 0. The number of ether oxygens (including phenoxy) is 2. The topological polar surface area (TPSA) is 81.5 Å². The van der Waals surface area contributed by atoms with E-state index in [4.69, 9.17) is 15.2 Å². The van der Waals surface area contributed by atoms with Crippen LogP contribution in [0.2, 0.25) is 0 Å². The monoisotopic (exact) mass is 400 g/mol. The normalized spacial score (nSPS) is 14.7. The Morgan fingerprint density at radius 2 is 1.90 bits per heavy atom. The number of nitrogens with zero attached hydrogens (tertiary/aromatic N) is 2. The summed E-state index contributed by atoms with van der Waals surface area (Å²) < 4.78 is 13.4. The number of hydrogen-bond donors (Lipinski definition) is 2. The van der Waals surface area contributed by atoms with Crippen LogP contribution >= 0.6 is 0 Å². The zero-order valence-corrected chi connectivity index (χ0v) is 16.6. The van der Waals surface area contributed by atoms with E-state index in [1.807, 2.05) is 36.4 Å². The molecule has 3 aromatic carbocycles. The predicted molar refractivity (Wildman–Crippen MR) is 114 cm³/mol. The largest absolute Gasteiger partial charge is 0.497 e. The molecule has 1 aliphatic rings. The number of aromatic nitrogens is 2. The molecule has 150 valence electrons. The van der Waals surface area contributed by atoms with E-state index in [0.29, 0.717) is 18.2 Å². The highest BCUT2D eigenvalue weighted by atomic mass is 16.5. The molecule has 1 aromatic heterocycles. The molecule has 6 heteroatoms. The minimum absolute atomic E-state index is 0.0232. The van der Waals surface area contributed by atoms with Gasteiger partial charge in [0.25, 0.3) is 0 Å². The molecule has 0 aliphatic carbocycles. The highest BCUT2D eigenvalue weighted by molar-refractivity contribution is 5.91. The number of nitrogens with two attached hydrogens (primary N) is 1. The van der Waals surface area contributed by atoms with Gasteiger partial charge in [-0.25, -0.2) is 4.57 Å². The number of fused-ring (bicyclic) bond motifs is 4. The van der Waals surface area contributed by atoms with Crippen LogP contribution in [0, 0.1) is 0 Å². The van der Waals surface area contributed by atoms with E-state index >= 15 is 0 Å². The zero-order valence-electron chi connectivity index (χ0n) is 16.6. The van der Waals surface area contributed by atoms with Crippen LogP contribution in [0.1, 0.15) is 22.6 Å². The molecule has 3 N–H and O–H groups in total. The zero-order chi connectivity index (χ0) is 20.7. The Balaban J connectivity index is 1.78. The molecule has 0 radical (unpaired) electrons. The lowest BCUT2D eigenvalue weighted by Gasteiger charge is -2.28. The van der Waals surface area contributed by atoms with E-state index in [1.54, 1.807) is 18.0 Å². The molecule has 0 bridgehead atoms. The Morgan fingerprint density at radius 1 is 1.10 bits per heavy atom. The fraction of sp³-hybridized carbons (Fsp3) is 0.167. The fourth-order valence-corrected chi connectivity index (χ4v) is 4.15. The minimum atomic E-state index is -0.155. The van der Waals surface area contributed by atoms with Gasteiger partial charge in [-0.05, 0) is 23.1 Å². The Morgan fingerprint density at radius 3 is 2.67 bits per heavy atom. The van der Waals surface area contributed by atoms with Crippen molar-refractivity contribution in [1.82, 2.24) is 4.98 Å². The summed E-state index contributed by atoms with van der Waals surface area (Å²) in [6.45, 7) is 0.344. The van der Waals surface area contributed by atoms with Gasteiger partial charge >= 0.3 is 5.88 Å². The van der Waals surface area contributed by atoms with E-state index in [-0.39, 0.29) is 12.5 Å². The summed E-state index contributed by atoms with van der Waals surface area (Å²) in [5, 5.41) is 11.6. The third-order valence-electron chi connectivity index (χ3n) is 5.63. The van der Waals surface area contributed by atoms with Crippen LogP contribution in [-0.4, -0.2) is 23.8 Å². The molecular weight excluding hydrogens is 378 g/mol. The van der Waals surface area contributed by atoms with Gasteiger partial charge in [-0.1, -0.05) is 53.5 Å². The van der Waals surface area contributed by atoms with E-state index in [0.717, 1.165) is 39.0 Å². The first kappa shape index (κ1) is 18.4. The number of aliphatic hydroxyl groups excluding tert-OH is 1. The number of rotatable bonds is 4. The molecule has 2 heterocycles. The molecule has 0 unspecified atom stereocenters. The van der Waals surface area contributed by atoms with Crippen LogP contribution in [0.5, 0.6) is 17.4 Å². The van der Waals surface area contributed by atoms with Crippen molar-refractivity contribution in [3.63, 3.8) is 0 Å². The Labute approximate surface area is 174 Å². The van der Waals surface area contributed by atoms with E-state index in [9.17, 15) is 5.11 Å². The van der Waals surface area contributed by atoms with Gasteiger partial charge in [-0.2, -0.15) is 0 Å². The number of benzene rings is 3. The second kappa shape index (κ2) is 7.31. The molecule has 4 aromatic rings. The molecule has 5 rings (SSSR count). The Hall–Kier alpha value is -3.64. The van der Waals surface area contributed by atoms with Crippen molar-refractivity contribution >= 4 is 16.6 Å². The number of anilines is 1. The minimum Gasteiger partial charge on any atom is -0.497 e. The SMILES string of the molecule is COc1ccc([C@H]2c3ccc4ccccc4c3Oc3nc[n+](CCO)c(N)c32)cc1. The number of hydrogen-bond acceptors (Lipinski definition) is 5. The molecular formula is C24H22N3O3+. The second-order valence-corrected chi connectivity index (χ2v) is 7.28. The maximum Gasteiger partial charge on any atom is 0.306 e. The number of methoxy groups -OCH3 is 1. The average Bonchev–Trinajstić information content (AvgIpc) is 2.80. The smallest absolute Gasteiger partial charge is 0.306 e. The predicted octanol–water partition coefficient (Wildman–Crippen LogP) is 3.39. The van der Waals surface area contributed by atoms with Crippen molar-refractivity contribution in [3.8, 4) is 17.4 Å². The summed E-state index contributed by atoms with van der Waals surface area (Å²) in [7, 11) is 1.65. The van der Waals surface area contributed by atoms with Gasteiger partial charge in [0.1, 0.15) is 17.1 Å². The first-order valence-electron chi connectivity index (χ1n) is 9.83. The van der Waals surface area contributed by atoms with Crippen molar-refractivity contribution in [2.75, 3.05) is 19.5 Å². The lowest BCUT2D eigenvalue weighted by molar-refractivity contribution is -0.687. The lowest BCUT2D eigenvalue weighted by Crippen LogP contribution is -2.41. The van der Waals surface area contributed by atoms with Crippen molar-refractivity contribution in [1.29, 1.82) is 0 Å². The van der Waals surface area contributed by atoms with Crippen LogP contribution in [-0.2, 0) is 6.54 Å². The number of aliphatic hydroxyl groups is 1. The van der Waals surface area contributed by atoms with E-state index in [1.165, 1.54) is 0 Å². The Bertz CT molecular complexity index is 1240. The molecule has 0 fully saturated rings. The average molecular weight is 400 g/mol.